The number of nitrogens with two attached hydrogens (primary N) is 1. The lowest BCUT2D eigenvalue weighted by Gasteiger charge is -2.16. The highest BCUT2D eigenvalue weighted by molar-refractivity contribution is 7.89. The van der Waals surface area contributed by atoms with Crippen LogP contribution in [-0.2, 0) is 22.0 Å². The first-order valence-corrected chi connectivity index (χ1v) is 11.4. The number of carbonyl (C=O) groups is 1. The number of para-hydroxylation sites is 1. The topological polar surface area (TPSA) is 119 Å². The van der Waals surface area contributed by atoms with E-state index in [-0.39, 0.29) is 22.4 Å². The minimum absolute atomic E-state index is 0.00431. The molecular formula is C22H26FN5O3S. The van der Waals surface area contributed by atoms with Crippen LogP contribution in [0.25, 0.3) is 5.69 Å². The molecule has 0 atom stereocenters. The van der Waals surface area contributed by atoms with Gasteiger partial charge in [-0.3, -0.25) is 5.32 Å². The second-order valence-corrected chi connectivity index (χ2v) is 9.99. The maximum Gasteiger partial charge on any atom is 0.320 e. The lowest BCUT2D eigenvalue weighted by molar-refractivity contribution is 0.251. The molecule has 170 valence electrons. The predicted octanol–water partition coefficient (Wildman–Crippen LogP) is 3.59. The monoisotopic (exact) mass is 459 g/mol. The van der Waals surface area contributed by atoms with Gasteiger partial charge < -0.3 is 5.32 Å². The van der Waals surface area contributed by atoms with Crippen LogP contribution in [-0.4, -0.2) is 24.2 Å². The summed E-state index contributed by atoms with van der Waals surface area (Å²) in [5, 5.41) is 15.2. The third kappa shape index (κ3) is 5.14. The van der Waals surface area contributed by atoms with E-state index in [4.69, 9.17) is 10.2 Å². The van der Waals surface area contributed by atoms with Gasteiger partial charge in [0.25, 0.3) is 0 Å². The van der Waals surface area contributed by atoms with Gasteiger partial charge in [0.15, 0.2) is 0 Å². The highest BCUT2D eigenvalue weighted by atomic mass is 32.2. The minimum Gasteiger partial charge on any atom is -0.334 e. The zero-order chi connectivity index (χ0) is 23.7. The Morgan fingerprint density at radius 1 is 1.16 bits per heavy atom. The van der Waals surface area contributed by atoms with Crippen LogP contribution in [0.2, 0.25) is 0 Å². The highest BCUT2D eigenvalue weighted by Crippen LogP contribution is 2.31. The SMILES string of the molecule is Cc1c(C(C)(C)C)nn(-c2ccccc2)c1NC(=O)NCc1cc(S(N)(=O)=O)ccc1F. The van der Waals surface area contributed by atoms with Crippen molar-refractivity contribution in [3.05, 3.63) is 71.2 Å². The third-order valence-corrected chi connectivity index (χ3v) is 5.76. The molecule has 0 saturated heterocycles. The molecule has 2 amide bonds. The number of nitrogens with zero attached hydrogens (tertiary/aromatic N) is 2. The standard InChI is InChI=1S/C22H26FN5O3S/c1-14-19(22(2,3)4)27-28(16-8-6-5-7-9-16)20(14)26-21(29)25-13-15-12-17(32(24,30)31)10-11-18(15)23/h5-12H,13H2,1-4H3,(H2,24,30,31)(H2,25,26,29). The normalized spacial score (nSPS) is 11.9. The van der Waals surface area contributed by atoms with Gasteiger partial charge in [-0.2, -0.15) is 5.10 Å². The summed E-state index contributed by atoms with van der Waals surface area (Å²) in [6, 6.07) is 11.9. The van der Waals surface area contributed by atoms with Crippen LogP contribution in [0, 0.1) is 12.7 Å². The van der Waals surface area contributed by atoms with Crippen molar-refractivity contribution in [2.75, 3.05) is 5.32 Å². The summed E-state index contributed by atoms with van der Waals surface area (Å²) in [4.78, 5) is 12.4. The zero-order valence-corrected chi connectivity index (χ0v) is 19.1. The van der Waals surface area contributed by atoms with Gasteiger partial charge in [-0.05, 0) is 37.3 Å². The minimum atomic E-state index is -3.99. The van der Waals surface area contributed by atoms with Crippen LogP contribution in [0.5, 0.6) is 0 Å². The van der Waals surface area contributed by atoms with Gasteiger partial charge in [0, 0.05) is 23.1 Å². The van der Waals surface area contributed by atoms with Crippen molar-refractivity contribution in [2.45, 2.75) is 44.6 Å². The zero-order valence-electron chi connectivity index (χ0n) is 18.3. The predicted molar refractivity (Wildman–Crippen MR) is 121 cm³/mol. The summed E-state index contributed by atoms with van der Waals surface area (Å²) < 4.78 is 38.8. The lowest BCUT2D eigenvalue weighted by Crippen LogP contribution is -2.30. The molecule has 32 heavy (non-hydrogen) atoms. The van der Waals surface area contributed by atoms with Crippen LogP contribution < -0.4 is 15.8 Å². The molecule has 0 radical (unpaired) electrons. The van der Waals surface area contributed by atoms with Gasteiger partial charge in [0.05, 0.1) is 16.3 Å². The number of rotatable bonds is 5. The Kier molecular flexibility index (Phi) is 6.38. The number of aromatic nitrogens is 2. The molecular weight excluding hydrogens is 433 g/mol. The lowest BCUT2D eigenvalue weighted by atomic mass is 9.90. The van der Waals surface area contributed by atoms with Crippen LogP contribution in [0.1, 0.15) is 37.6 Å². The fourth-order valence-electron chi connectivity index (χ4n) is 3.30. The smallest absolute Gasteiger partial charge is 0.320 e. The van der Waals surface area contributed by atoms with E-state index in [9.17, 15) is 17.6 Å². The van der Waals surface area contributed by atoms with E-state index < -0.39 is 21.9 Å². The summed E-state index contributed by atoms with van der Waals surface area (Å²) in [6.07, 6.45) is 0. The number of amides is 2. The molecule has 4 N–H and O–H groups in total. The molecule has 0 bridgehead atoms. The Balaban J connectivity index is 1.86. The van der Waals surface area contributed by atoms with Gasteiger partial charge in [0.2, 0.25) is 10.0 Å². The molecule has 8 nitrogen and oxygen atoms in total. The Morgan fingerprint density at radius 2 is 1.81 bits per heavy atom. The highest BCUT2D eigenvalue weighted by Gasteiger charge is 2.26. The number of urea groups is 1. The van der Waals surface area contributed by atoms with Gasteiger partial charge in [0.1, 0.15) is 11.6 Å². The second kappa shape index (κ2) is 8.71. The number of halogens is 1. The molecule has 3 aromatic rings. The quantitative estimate of drug-likeness (QED) is 0.540. The molecule has 3 rings (SSSR count). The molecule has 1 aromatic heterocycles. The Bertz CT molecular complexity index is 1250. The van der Waals surface area contributed by atoms with Crippen molar-refractivity contribution in [1.29, 1.82) is 0 Å². The van der Waals surface area contributed by atoms with Crippen LogP contribution in [0.3, 0.4) is 0 Å². The fraction of sp³-hybridized carbons (Fsp3) is 0.273. The molecule has 1 heterocycles. The molecule has 0 aliphatic carbocycles. The largest absolute Gasteiger partial charge is 0.334 e. The summed E-state index contributed by atoms with van der Waals surface area (Å²) in [5.41, 5.74) is 2.14. The maximum absolute atomic E-state index is 14.1. The fourth-order valence-corrected chi connectivity index (χ4v) is 3.87. The first-order chi connectivity index (χ1) is 14.9. The Hall–Kier alpha value is -3.24. The number of hydrogen-bond donors (Lipinski definition) is 3. The van der Waals surface area contributed by atoms with E-state index in [0.717, 1.165) is 35.1 Å². The first kappa shape index (κ1) is 23.4. The van der Waals surface area contributed by atoms with Crippen LogP contribution in [0.4, 0.5) is 15.0 Å². The average molecular weight is 460 g/mol. The first-order valence-electron chi connectivity index (χ1n) is 9.89. The third-order valence-electron chi connectivity index (χ3n) is 4.85. The van der Waals surface area contributed by atoms with Crippen molar-refractivity contribution in [3.63, 3.8) is 0 Å². The number of carbonyl (C=O) groups excluding carboxylic acids is 1. The van der Waals surface area contributed by atoms with Gasteiger partial charge in [-0.15, -0.1) is 0 Å². The molecule has 10 heteroatoms. The van der Waals surface area contributed by atoms with Crippen molar-refractivity contribution in [3.8, 4) is 5.69 Å². The van der Waals surface area contributed by atoms with Crippen molar-refractivity contribution in [1.82, 2.24) is 15.1 Å². The number of sulfonamides is 1. The molecule has 0 aliphatic rings. The van der Waals surface area contributed by atoms with Gasteiger partial charge in [-0.1, -0.05) is 39.0 Å². The molecule has 0 unspecified atom stereocenters. The molecule has 0 saturated carbocycles. The van der Waals surface area contributed by atoms with E-state index in [0.29, 0.717) is 5.82 Å². The van der Waals surface area contributed by atoms with Crippen molar-refractivity contribution >= 4 is 21.9 Å². The molecule has 0 fully saturated rings. The maximum atomic E-state index is 14.1. The second-order valence-electron chi connectivity index (χ2n) is 8.43. The van der Waals surface area contributed by atoms with Crippen LogP contribution in [0.15, 0.2) is 53.4 Å². The Labute approximate surface area is 186 Å². The number of hydrogen-bond acceptors (Lipinski definition) is 4. The van der Waals surface area contributed by atoms with E-state index in [1.165, 1.54) is 0 Å². The van der Waals surface area contributed by atoms with E-state index in [2.05, 4.69) is 10.6 Å². The van der Waals surface area contributed by atoms with Crippen LogP contribution >= 0.6 is 0 Å². The number of benzene rings is 2. The average Bonchev–Trinajstić information content (AvgIpc) is 3.03. The molecule has 0 aliphatic heterocycles. The van der Waals surface area contributed by atoms with Crippen molar-refractivity contribution in [2.24, 2.45) is 5.14 Å². The van der Waals surface area contributed by atoms with Gasteiger partial charge in [-0.25, -0.2) is 27.4 Å². The van der Waals surface area contributed by atoms with E-state index >= 15 is 0 Å². The van der Waals surface area contributed by atoms with Crippen molar-refractivity contribution < 1.29 is 17.6 Å². The number of nitrogens with one attached hydrogen (secondary N) is 2. The summed E-state index contributed by atoms with van der Waals surface area (Å²) >= 11 is 0. The molecule has 0 spiro atoms. The van der Waals surface area contributed by atoms with Gasteiger partial charge >= 0.3 is 6.03 Å². The number of primary sulfonamides is 1. The summed E-state index contributed by atoms with van der Waals surface area (Å²) in [7, 11) is -3.99. The summed E-state index contributed by atoms with van der Waals surface area (Å²) in [6.45, 7) is 7.73. The van der Waals surface area contributed by atoms with E-state index in [1.807, 2.05) is 58.0 Å². The number of anilines is 1. The Morgan fingerprint density at radius 3 is 2.41 bits per heavy atom. The van der Waals surface area contributed by atoms with E-state index in [1.54, 1.807) is 4.68 Å². The summed E-state index contributed by atoms with van der Waals surface area (Å²) in [5.74, 6) is -0.171. The molecule has 2 aromatic carbocycles.